The number of nitrogens with zero attached hydrogens (tertiary/aromatic N) is 3. The fourth-order valence-electron chi connectivity index (χ4n) is 2.39. The predicted octanol–water partition coefficient (Wildman–Crippen LogP) is 4.13. The fraction of sp³-hybridized carbons (Fsp3) is 0.150. The van der Waals surface area contributed by atoms with E-state index in [-0.39, 0.29) is 11.5 Å². The first kappa shape index (κ1) is 17.2. The number of benzene rings is 2. The monoisotopic (exact) mass is 347 g/mol. The lowest BCUT2D eigenvalue weighted by Gasteiger charge is -2.07. The Labute approximate surface area is 151 Å². The molecule has 0 saturated heterocycles. The lowest BCUT2D eigenvalue weighted by Crippen LogP contribution is -1.91. The van der Waals surface area contributed by atoms with Crippen LogP contribution in [-0.4, -0.2) is 24.4 Å². The maximum Gasteiger partial charge on any atom is 0.268 e. The van der Waals surface area contributed by atoms with Crippen molar-refractivity contribution in [3.05, 3.63) is 59.5 Å². The summed E-state index contributed by atoms with van der Waals surface area (Å²) in [6, 6.07) is 15.2. The molecule has 6 heteroatoms. The van der Waals surface area contributed by atoms with Gasteiger partial charge in [-0.2, -0.15) is 10.2 Å². The second kappa shape index (κ2) is 7.53. The minimum atomic E-state index is 0.154. The zero-order valence-corrected chi connectivity index (χ0v) is 14.7. The van der Waals surface area contributed by atoms with E-state index in [4.69, 9.17) is 14.0 Å². The van der Waals surface area contributed by atoms with E-state index < -0.39 is 0 Å². The summed E-state index contributed by atoms with van der Waals surface area (Å²) in [4.78, 5) is 4.33. The molecule has 0 aliphatic heterocycles. The topological polar surface area (TPSA) is 81.2 Å². The first-order chi connectivity index (χ1) is 12.6. The van der Waals surface area contributed by atoms with Gasteiger partial charge in [-0.1, -0.05) is 35.0 Å². The third-order valence-corrected chi connectivity index (χ3v) is 3.83. The molecule has 1 heterocycles. The number of hydrogen-bond acceptors (Lipinski definition) is 6. The molecule has 1 aromatic heterocycles. The molecule has 0 bridgehead atoms. The van der Waals surface area contributed by atoms with Crippen molar-refractivity contribution in [2.75, 3.05) is 14.2 Å². The van der Waals surface area contributed by atoms with Crippen molar-refractivity contribution in [1.82, 2.24) is 10.1 Å². The van der Waals surface area contributed by atoms with Crippen LogP contribution in [-0.2, 0) is 0 Å². The second-order valence-corrected chi connectivity index (χ2v) is 5.57. The van der Waals surface area contributed by atoms with E-state index in [2.05, 4.69) is 16.2 Å². The van der Waals surface area contributed by atoms with Crippen LogP contribution < -0.4 is 9.47 Å². The Balaban J connectivity index is 1.96. The number of ether oxygens (including phenoxy) is 2. The highest BCUT2D eigenvalue weighted by Crippen LogP contribution is 2.28. The van der Waals surface area contributed by atoms with Crippen LogP contribution in [0, 0.1) is 18.3 Å². The van der Waals surface area contributed by atoms with Crippen LogP contribution >= 0.6 is 0 Å². The lowest BCUT2D eigenvalue weighted by molar-refractivity contribution is 0.393. The smallest absolute Gasteiger partial charge is 0.268 e. The Bertz CT molecular complexity index is 982. The van der Waals surface area contributed by atoms with E-state index in [1.165, 1.54) is 0 Å². The van der Waals surface area contributed by atoms with Crippen LogP contribution in [0.3, 0.4) is 0 Å². The zero-order chi connectivity index (χ0) is 18.5. The molecule has 3 aromatic rings. The van der Waals surface area contributed by atoms with Gasteiger partial charge >= 0.3 is 0 Å². The number of rotatable bonds is 5. The van der Waals surface area contributed by atoms with Gasteiger partial charge in [0.15, 0.2) is 0 Å². The minimum absolute atomic E-state index is 0.154. The summed E-state index contributed by atoms with van der Waals surface area (Å²) in [6.45, 7) is 2.00. The Morgan fingerprint density at radius 2 is 1.88 bits per heavy atom. The molecule has 0 spiro atoms. The Morgan fingerprint density at radius 3 is 2.54 bits per heavy atom. The van der Waals surface area contributed by atoms with Gasteiger partial charge in [-0.05, 0) is 25.1 Å². The van der Waals surface area contributed by atoms with Gasteiger partial charge in [0.2, 0.25) is 5.82 Å². The third-order valence-electron chi connectivity index (χ3n) is 3.83. The number of aryl methyl sites for hydroxylation is 1. The van der Waals surface area contributed by atoms with Crippen LogP contribution in [0.2, 0.25) is 0 Å². The number of allylic oxidation sites excluding steroid dienone is 1. The first-order valence-electron chi connectivity index (χ1n) is 7.89. The van der Waals surface area contributed by atoms with Crippen LogP contribution in [0.4, 0.5) is 0 Å². The van der Waals surface area contributed by atoms with Gasteiger partial charge in [0.25, 0.3) is 5.89 Å². The molecular weight excluding hydrogens is 330 g/mol. The van der Waals surface area contributed by atoms with Crippen molar-refractivity contribution in [3.8, 4) is 29.0 Å². The van der Waals surface area contributed by atoms with Gasteiger partial charge in [0.1, 0.15) is 23.1 Å². The van der Waals surface area contributed by atoms with Crippen molar-refractivity contribution in [2.45, 2.75) is 6.92 Å². The van der Waals surface area contributed by atoms with Gasteiger partial charge < -0.3 is 14.0 Å². The molecule has 0 radical (unpaired) electrons. The van der Waals surface area contributed by atoms with Gasteiger partial charge in [-0.3, -0.25) is 0 Å². The highest BCUT2D eigenvalue weighted by atomic mass is 16.5. The van der Waals surface area contributed by atoms with Crippen molar-refractivity contribution >= 4 is 11.6 Å². The molecule has 0 aliphatic carbocycles. The van der Waals surface area contributed by atoms with Crippen LogP contribution in [0.1, 0.15) is 17.0 Å². The maximum absolute atomic E-state index is 9.51. The van der Waals surface area contributed by atoms with Gasteiger partial charge in [-0.25, -0.2) is 0 Å². The summed E-state index contributed by atoms with van der Waals surface area (Å²) in [5, 5.41) is 13.5. The highest BCUT2D eigenvalue weighted by Gasteiger charge is 2.14. The largest absolute Gasteiger partial charge is 0.497 e. The summed E-state index contributed by atoms with van der Waals surface area (Å²) < 4.78 is 15.8. The zero-order valence-electron chi connectivity index (χ0n) is 14.7. The van der Waals surface area contributed by atoms with E-state index in [0.29, 0.717) is 22.9 Å². The summed E-state index contributed by atoms with van der Waals surface area (Å²) in [6.07, 6.45) is 1.64. The van der Waals surface area contributed by atoms with E-state index in [9.17, 15) is 5.26 Å². The van der Waals surface area contributed by atoms with E-state index in [1.54, 1.807) is 38.5 Å². The standard InChI is InChI=1S/C20H17N3O3/c1-13-4-6-14(7-5-13)19-22-20(26-23-19)16(12-21)10-15-8-9-17(24-2)11-18(15)25-3/h4-11H,1-3H3/b16-10+. The molecule has 0 saturated carbocycles. The molecule has 0 unspecified atom stereocenters. The van der Waals surface area contributed by atoms with Crippen molar-refractivity contribution in [2.24, 2.45) is 0 Å². The minimum Gasteiger partial charge on any atom is -0.497 e. The number of aromatic nitrogens is 2. The van der Waals surface area contributed by atoms with Crippen molar-refractivity contribution in [1.29, 1.82) is 5.26 Å². The molecule has 0 atom stereocenters. The molecule has 2 aromatic carbocycles. The van der Waals surface area contributed by atoms with Crippen LogP contribution in [0.25, 0.3) is 23.0 Å². The molecule has 0 amide bonds. The average molecular weight is 347 g/mol. The number of methoxy groups -OCH3 is 2. The number of hydrogen-bond donors (Lipinski definition) is 0. The van der Waals surface area contributed by atoms with Crippen LogP contribution in [0.15, 0.2) is 47.0 Å². The van der Waals surface area contributed by atoms with Crippen molar-refractivity contribution in [3.63, 3.8) is 0 Å². The molecule has 0 N–H and O–H groups in total. The SMILES string of the molecule is COc1ccc(/C=C(\C#N)c2nc(-c3ccc(C)cc3)no2)c(OC)c1. The Morgan fingerprint density at radius 1 is 1.12 bits per heavy atom. The van der Waals surface area contributed by atoms with E-state index in [0.717, 1.165) is 11.1 Å². The maximum atomic E-state index is 9.51. The third kappa shape index (κ3) is 3.57. The van der Waals surface area contributed by atoms with Crippen LogP contribution in [0.5, 0.6) is 11.5 Å². The quantitative estimate of drug-likeness (QED) is 0.646. The Hall–Kier alpha value is -3.59. The predicted molar refractivity (Wildman–Crippen MR) is 97.5 cm³/mol. The summed E-state index contributed by atoms with van der Waals surface area (Å²) >= 11 is 0. The Kier molecular flexibility index (Phi) is 4.99. The van der Waals surface area contributed by atoms with Gasteiger partial charge in [0.05, 0.1) is 14.2 Å². The first-order valence-corrected chi connectivity index (χ1v) is 7.89. The van der Waals surface area contributed by atoms with Gasteiger partial charge in [0, 0.05) is 17.2 Å². The molecular formula is C20H17N3O3. The van der Waals surface area contributed by atoms with E-state index in [1.807, 2.05) is 31.2 Å². The number of nitriles is 1. The average Bonchev–Trinajstić information content (AvgIpc) is 3.16. The molecule has 0 fully saturated rings. The van der Waals surface area contributed by atoms with Crippen molar-refractivity contribution < 1.29 is 14.0 Å². The van der Waals surface area contributed by atoms with E-state index >= 15 is 0 Å². The molecule has 130 valence electrons. The molecule has 26 heavy (non-hydrogen) atoms. The molecule has 0 aliphatic rings. The van der Waals surface area contributed by atoms with Gasteiger partial charge in [-0.15, -0.1) is 0 Å². The fourth-order valence-corrected chi connectivity index (χ4v) is 2.39. The summed E-state index contributed by atoms with van der Waals surface area (Å²) in [5.41, 5.74) is 2.92. The lowest BCUT2D eigenvalue weighted by atomic mass is 10.1. The summed E-state index contributed by atoms with van der Waals surface area (Å²) in [5.74, 6) is 1.83. The highest BCUT2D eigenvalue weighted by molar-refractivity contribution is 5.88. The molecule has 3 rings (SSSR count). The summed E-state index contributed by atoms with van der Waals surface area (Å²) in [7, 11) is 3.14. The normalized spacial score (nSPS) is 11.1. The second-order valence-electron chi connectivity index (χ2n) is 5.57. The molecule has 6 nitrogen and oxygen atoms in total.